The van der Waals surface area contributed by atoms with Crippen molar-refractivity contribution in [3.63, 3.8) is 0 Å². The molecule has 5 heteroatoms. The molecule has 0 radical (unpaired) electrons. The van der Waals surface area contributed by atoms with E-state index in [2.05, 4.69) is 5.32 Å². The molecule has 1 aromatic heterocycles. The van der Waals surface area contributed by atoms with Crippen molar-refractivity contribution in [2.24, 2.45) is 0 Å². The standard InChI is InChI=1S/C13H12F2N2O/c14-10-4-5-12(11(15)9-10)16-6-8-17-7-2-1-3-13(17)18/h1-5,7,9,16H,6,8H2. The molecule has 0 bridgehead atoms. The summed E-state index contributed by atoms with van der Waals surface area (Å²) in [6.45, 7) is 0.795. The molecule has 0 amide bonds. The predicted molar refractivity (Wildman–Crippen MR) is 65.5 cm³/mol. The van der Waals surface area contributed by atoms with E-state index in [1.165, 1.54) is 22.8 Å². The highest BCUT2D eigenvalue weighted by atomic mass is 19.1. The van der Waals surface area contributed by atoms with E-state index in [-0.39, 0.29) is 11.2 Å². The summed E-state index contributed by atoms with van der Waals surface area (Å²) in [7, 11) is 0. The zero-order valence-electron chi connectivity index (χ0n) is 9.57. The van der Waals surface area contributed by atoms with E-state index in [0.29, 0.717) is 13.1 Å². The molecule has 0 unspecified atom stereocenters. The Bertz CT molecular complexity index is 596. The summed E-state index contributed by atoms with van der Waals surface area (Å²) in [5.74, 6) is -1.26. The van der Waals surface area contributed by atoms with Gasteiger partial charge in [-0.2, -0.15) is 0 Å². The lowest BCUT2D eigenvalue weighted by Crippen LogP contribution is -2.22. The van der Waals surface area contributed by atoms with Crippen LogP contribution in [0.25, 0.3) is 0 Å². The van der Waals surface area contributed by atoms with Gasteiger partial charge in [-0.15, -0.1) is 0 Å². The first-order valence-corrected chi connectivity index (χ1v) is 5.51. The summed E-state index contributed by atoms with van der Waals surface area (Å²) in [5.41, 5.74) is 0.110. The average molecular weight is 250 g/mol. The van der Waals surface area contributed by atoms with Crippen LogP contribution in [0.2, 0.25) is 0 Å². The van der Waals surface area contributed by atoms with Gasteiger partial charge in [-0.05, 0) is 18.2 Å². The number of benzene rings is 1. The Morgan fingerprint density at radius 2 is 2.00 bits per heavy atom. The lowest BCUT2D eigenvalue weighted by atomic mass is 10.3. The van der Waals surface area contributed by atoms with Crippen LogP contribution in [-0.4, -0.2) is 11.1 Å². The van der Waals surface area contributed by atoms with Crippen molar-refractivity contribution in [2.75, 3.05) is 11.9 Å². The van der Waals surface area contributed by atoms with Crippen LogP contribution in [0.4, 0.5) is 14.5 Å². The molecular formula is C13H12F2N2O. The quantitative estimate of drug-likeness (QED) is 0.903. The van der Waals surface area contributed by atoms with Gasteiger partial charge in [0.1, 0.15) is 11.6 Å². The maximum atomic E-state index is 13.3. The molecule has 0 saturated carbocycles. The van der Waals surface area contributed by atoms with Gasteiger partial charge in [0.05, 0.1) is 5.69 Å². The fourth-order valence-electron chi connectivity index (χ4n) is 1.59. The second kappa shape index (κ2) is 5.44. The van der Waals surface area contributed by atoms with E-state index >= 15 is 0 Å². The van der Waals surface area contributed by atoms with Gasteiger partial charge in [-0.1, -0.05) is 6.07 Å². The number of pyridine rings is 1. The van der Waals surface area contributed by atoms with Crippen molar-refractivity contribution in [1.29, 1.82) is 0 Å². The second-order valence-corrected chi connectivity index (χ2v) is 3.78. The molecule has 0 aliphatic rings. The van der Waals surface area contributed by atoms with Crippen LogP contribution in [0.15, 0.2) is 47.4 Å². The topological polar surface area (TPSA) is 34.0 Å². The van der Waals surface area contributed by atoms with E-state index in [1.54, 1.807) is 18.3 Å². The molecular weight excluding hydrogens is 238 g/mol. The monoisotopic (exact) mass is 250 g/mol. The van der Waals surface area contributed by atoms with E-state index in [1.807, 2.05) is 0 Å². The van der Waals surface area contributed by atoms with Gasteiger partial charge in [0.25, 0.3) is 5.56 Å². The van der Waals surface area contributed by atoms with Crippen LogP contribution < -0.4 is 10.9 Å². The summed E-state index contributed by atoms with van der Waals surface area (Å²) >= 11 is 0. The van der Waals surface area contributed by atoms with Gasteiger partial charge in [-0.25, -0.2) is 8.78 Å². The summed E-state index contributed by atoms with van der Waals surface area (Å²) < 4.78 is 27.5. The van der Waals surface area contributed by atoms with Crippen LogP contribution in [0.3, 0.4) is 0 Å². The third-order valence-electron chi connectivity index (χ3n) is 2.50. The molecule has 1 aromatic carbocycles. The SMILES string of the molecule is O=c1ccccn1CCNc1ccc(F)cc1F. The first-order chi connectivity index (χ1) is 8.66. The van der Waals surface area contributed by atoms with Crippen molar-refractivity contribution in [1.82, 2.24) is 4.57 Å². The number of halogens is 2. The third-order valence-corrected chi connectivity index (χ3v) is 2.50. The number of anilines is 1. The van der Waals surface area contributed by atoms with Gasteiger partial charge >= 0.3 is 0 Å². The van der Waals surface area contributed by atoms with Crippen LogP contribution in [0.5, 0.6) is 0 Å². The lowest BCUT2D eigenvalue weighted by molar-refractivity contribution is 0.584. The Labute approximate surface area is 103 Å². The molecule has 2 aromatic rings. The minimum atomic E-state index is -0.643. The minimum absolute atomic E-state index is 0.112. The minimum Gasteiger partial charge on any atom is -0.381 e. The molecule has 0 aliphatic carbocycles. The molecule has 1 N–H and O–H groups in total. The molecule has 0 fully saturated rings. The molecule has 18 heavy (non-hydrogen) atoms. The van der Waals surface area contributed by atoms with Crippen molar-refractivity contribution in [3.05, 3.63) is 64.6 Å². The summed E-state index contributed by atoms with van der Waals surface area (Å²) in [5, 5.41) is 2.81. The first kappa shape index (κ1) is 12.3. The van der Waals surface area contributed by atoms with Gasteiger partial charge in [0.2, 0.25) is 0 Å². The summed E-state index contributed by atoms with van der Waals surface area (Å²) in [6.07, 6.45) is 1.66. The zero-order chi connectivity index (χ0) is 13.0. The molecule has 0 spiro atoms. The zero-order valence-corrected chi connectivity index (χ0v) is 9.57. The maximum absolute atomic E-state index is 13.3. The van der Waals surface area contributed by atoms with Gasteiger partial charge in [-0.3, -0.25) is 4.79 Å². The van der Waals surface area contributed by atoms with E-state index in [9.17, 15) is 13.6 Å². The van der Waals surface area contributed by atoms with E-state index < -0.39 is 11.6 Å². The van der Waals surface area contributed by atoms with Crippen molar-refractivity contribution >= 4 is 5.69 Å². The van der Waals surface area contributed by atoms with Crippen LogP contribution in [-0.2, 0) is 6.54 Å². The van der Waals surface area contributed by atoms with Crippen molar-refractivity contribution in [3.8, 4) is 0 Å². The second-order valence-electron chi connectivity index (χ2n) is 3.78. The van der Waals surface area contributed by atoms with Crippen LogP contribution in [0, 0.1) is 11.6 Å². The van der Waals surface area contributed by atoms with Crippen LogP contribution >= 0.6 is 0 Å². The molecule has 3 nitrogen and oxygen atoms in total. The van der Waals surface area contributed by atoms with E-state index in [4.69, 9.17) is 0 Å². The first-order valence-electron chi connectivity index (χ1n) is 5.51. The smallest absolute Gasteiger partial charge is 0.250 e. The summed E-state index contributed by atoms with van der Waals surface area (Å²) in [4.78, 5) is 11.4. The molecule has 0 atom stereocenters. The van der Waals surface area contributed by atoms with Crippen molar-refractivity contribution < 1.29 is 8.78 Å². The highest BCUT2D eigenvalue weighted by Crippen LogP contribution is 2.14. The number of nitrogens with zero attached hydrogens (tertiary/aromatic N) is 1. The van der Waals surface area contributed by atoms with Gasteiger partial charge in [0, 0.05) is 31.4 Å². The molecule has 0 saturated heterocycles. The predicted octanol–water partition coefficient (Wildman–Crippen LogP) is 2.24. The highest BCUT2D eigenvalue weighted by Gasteiger charge is 2.02. The lowest BCUT2D eigenvalue weighted by Gasteiger charge is -2.09. The number of aromatic nitrogens is 1. The van der Waals surface area contributed by atoms with Gasteiger partial charge < -0.3 is 9.88 Å². The molecule has 0 aliphatic heterocycles. The number of rotatable bonds is 4. The number of nitrogens with one attached hydrogen (secondary N) is 1. The van der Waals surface area contributed by atoms with Crippen LogP contribution in [0.1, 0.15) is 0 Å². The fraction of sp³-hybridized carbons (Fsp3) is 0.154. The summed E-state index contributed by atoms with van der Waals surface area (Å²) in [6, 6.07) is 8.19. The highest BCUT2D eigenvalue weighted by molar-refractivity contribution is 5.44. The average Bonchev–Trinajstić information content (AvgIpc) is 2.34. The molecule has 2 rings (SSSR count). The molecule has 1 heterocycles. The Hall–Kier alpha value is -2.17. The Balaban J connectivity index is 1.97. The third kappa shape index (κ3) is 2.94. The Morgan fingerprint density at radius 3 is 2.72 bits per heavy atom. The largest absolute Gasteiger partial charge is 0.381 e. The normalized spacial score (nSPS) is 10.3. The van der Waals surface area contributed by atoms with Crippen molar-refractivity contribution in [2.45, 2.75) is 6.54 Å². The maximum Gasteiger partial charge on any atom is 0.250 e. The Kier molecular flexibility index (Phi) is 3.72. The fourth-order valence-corrected chi connectivity index (χ4v) is 1.59. The molecule has 94 valence electrons. The Morgan fingerprint density at radius 1 is 1.17 bits per heavy atom. The van der Waals surface area contributed by atoms with E-state index in [0.717, 1.165) is 6.07 Å². The number of hydrogen-bond donors (Lipinski definition) is 1. The van der Waals surface area contributed by atoms with Gasteiger partial charge in [0.15, 0.2) is 0 Å². The number of hydrogen-bond acceptors (Lipinski definition) is 2.